The van der Waals surface area contributed by atoms with Crippen molar-refractivity contribution in [1.29, 1.82) is 0 Å². The molecule has 70 valence electrons. The number of anilines is 1. The van der Waals surface area contributed by atoms with Crippen LogP contribution in [-0.4, -0.2) is 6.04 Å². The Kier molecular flexibility index (Phi) is 2.89. The second-order valence-electron chi connectivity index (χ2n) is 3.59. The molecule has 1 aromatic carbocycles. The number of nitrogens with zero attached hydrogens (tertiary/aromatic N) is 1. The van der Waals surface area contributed by atoms with E-state index in [1.165, 1.54) is 31.4 Å². The van der Waals surface area contributed by atoms with Gasteiger partial charge in [-0.1, -0.05) is 31.0 Å². The van der Waals surface area contributed by atoms with Crippen LogP contribution in [0.15, 0.2) is 30.3 Å². The van der Waals surface area contributed by atoms with Gasteiger partial charge >= 0.3 is 0 Å². The highest BCUT2D eigenvalue weighted by Gasteiger charge is 2.20. The predicted octanol–water partition coefficient (Wildman–Crippen LogP) is 3.75. The van der Waals surface area contributed by atoms with E-state index in [1.54, 1.807) is 0 Å². The summed E-state index contributed by atoms with van der Waals surface area (Å²) >= 11 is 3.65. The van der Waals surface area contributed by atoms with E-state index in [2.05, 4.69) is 50.4 Å². The molecule has 0 saturated heterocycles. The molecule has 0 radical (unpaired) electrons. The van der Waals surface area contributed by atoms with Gasteiger partial charge in [0, 0.05) is 27.9 Å². The molecule has 1 saturated carbocycles. The van der Waals surface area contributed by atoms with E-state index in [-0.39, 0.29) is 0 Å². The van der Waals surface area contributed by atoms with Gasteiger partial charge in [-0.2, -0.15) is 0 Å². The Morgan fingerprint density at radius 2 is 1.69 bits per heavy atom. The Hall–Kier alpha value is -0.500. The van der Waals surface area contributed by atoms with Crippen LogP contribution >= 0.6 is 16.1 Å². The van der Waals surface area contributed by atoms with E-state index >= 15 is 0 Å². The molecule has 0 aliphatic heterocycles. The van der Waals surface area contributed by atoms with Crippen LogP contribution in [0.2, 0.25) is 0 Å². The van der Waals surface area contributed by atoms with Gasteiger partial charge in [0.05, 0.1) is 0 Å². The van der Waals surface area contributed by atoms with Crippen molar-refractivity contribution in [3.05, 3.63) is 30.3 Å². The number of benzene rings is 1. The molecular weight excluding hydrogens is 226 g/mol. The zero-order valence-electron chi connectivity index (χ0n) is 7.62. The van der Waals surface area contributed by atoms with Gasteiger partial charge in [-0.25, -0.2) is 0 Å². The molecule has 1 fully saturated rings. The molecule has 1 aliphatic rings. The quantitative estimate of drug-likeness (QED) is 0.711. The summed E-state index contributed by atoms with van der Waals surface area (Å²) in [5.74, 6) is 0. The third-order valence-corrected chi connectivity index (χ3v) is 3.64. The van der Waals surface area contributed by atoms with Gasteiger partial charge in [0.15, 0.2) is 0 Å². The van der Waals surface area contributed by atoms with E-state index in [4.69, 9.17) is 0 Å². The normalized spacial score (nSPS) is 17.6. The molecule has 0 unspecified atom stereocenters. The van der Waals surface area contributed by atoms with Gasteiger partial charge in [-0.3, -0.25) is 0 Å². The van der Waals surface area contributed by atoms with Crippen LogP contribution in [0.1, 0.15) is 25.7 Å². The van der Waals surface area contributed by atoms with E-state index in [9.17, 15) is 0 Å². The Labute approximate surface area is 88.1 Å². The minimum Gasteiger partial charge on any atom is -0.306 e. The average Bonchev–Trinajstić information content (AvgIpc) is 2.71. The topological polar surface area (TPSA) is 3.24 Å². The summed E-state index contributed by atoms with van der Waals surface area (Å²) in [5, 5.41) is 0. The maximum atomic E-state index is 3.65. The zero-order valence-corrected chi connectivity index (χ0v) is 9.20. The fourth-order valence-corrected chi connectivity index (χ4v) is 2.56. The predicted molar refractivity (Wildman–Crippen MR) is 60.1 cm³/mol. The molecule has 0 N–H and O–H groups in total. The van der Waals surface area contributed by atoms with Gasteiger partial charge in [-0.05, 0) is 25.0 Å². The zero-order chi connectivity index (χ0) is 9.10. The van der Waals surface area contributed by atoms with Crippen LogP contribution in [0.3, 0.4) is 0 Å². The molecule has 1 aliphatic carbocycles. The molecule has 13 heavy (non-hydrogen) atoms. The van der Waals surface area contributed by atoms with Crippen molar-refractivity contribution in [2.24, 2.45) is 0 Å². The first-order valence-electron chi connectivity index (χ1n) is 4.88. The summed E-state index contributed by atoms with van der Waals surface area (Å²) in [7, 11) is 0. The minimum atomic E-state index is 0.697. The van der Waals surface area contributed by atoms with Crippen molar-refractivity contribution in [3.63, 3.8) is 0 Å². The van der Waals surface area contributed by atoms with E-state index in [0.717, 1.165) is 0 Å². The Morgan fingerprint density at radius 1 is 1.08 bits per heavy atom. The number of hydrogen-bond acceptors (Lipinski definition) is 1. The minimum absolute atomic E-state index is 0.697. The molecule has 0 spiro atoms. The summed E-state index contributed by atoms with van der Waals surface area (Å²) in [6, 6.07) is 11.2. The van der Waals surface area contributed by atoms with E-state index in [1.807, 2.05) is 0 Å². The first-order chi connectivity index (χ1) is 6.38. The molecule has 0 aromatic heterocycles. The lowest BCUT2D eigenvalue weighted by atomic mass is 10.2. The molecule has 1 nitrogen and oxygen atoms in total. The lowest BCUT2D eigenvalue weighted by molar-refractivity contribution is 0.716. The Bertz CT molecular complexity index is 254. The Balaban J connectivity index is 2.08. The van der Waals surface area contributed by atoms with Gasteiger partial charge in [-0.15, -0.1) is 0 Å². The monoisotopic (exact) mass is 239 g/mol. The van der Waals surface area contributed by atoms with Crippen LogP contribution in [-0.2, 0) is 0 Å². The van der Waals surface area contributed by atoms with Crippen molar-refractivity contribution < 1.29 is 0 Å². The molecule has 1 aromatic rings. The maximum Gasteiger partial charge on any atom is 0.0499 e. The van der Waals surface area contributed by atoms with Gasteiger partial charge in [0.1, 0.15) is 0 Å². The van der Waals surface area contributed by atoms with Crippen LogP contribution in [0.4, 0.5) is 5.69 Å². The molecule has 0 atom stereocenters. The Morgan fingerprint density at radius 3 is 2.31 bits per heavy atom. The highest BCUT2D eigenvalue weighted by molar-refractivity contribution is 9.10. The molecule has 0 amide bonds. The lowest BCUT2D eigenvalue weighted by Gasteiger charge is -2.23. The summed E-state index contributed by atoms with van der Waals surface area (Å²) in [6.45, 7) is 0. The third kappa shape index (κ3) is 2.05. The third-order valence-electron chi connectivity index (χ3n) is 2.65. The molecule has 0 bridgehead atoms. The van der Waals surface area contributed by atoms with Gasteiger partial charge in [0.25, 0.3) is 0 Å². The standard InChI is InChI=1S/C11H14BrN/c12-13(11-8-4-5-9-11)10-6-2-1-3-7-10/h1-3,6-7,11H,4-5,8-9H2. The summed E-state index contributed by atoms with van der Waals surface area (Å²) < 4.78 is 2.24. The van der Waals surface area contributed by atoms with Crippen molar-refractivity contribution in [3.8, 4) is 0 Å². The highest BCUT2D eigenvalue weighted by Crippen LogP contribution is 2.30. The first-order valence-corrected chi connectivity index (χ1v) is 5.59. The molecular formula is C11H14BrN. The number of hydrogen-bond donors (Lipinski definition) is 0. The van der Waals surface area contributed by atoms with E-state index in [0.29, 0.717) is 6.04 Å². The maximum absolute atomic E-state index is 3.65. The summed E-state index contributed by atoms with van der Waals surface area (Å²) in [4.78, 5) is 0. The van der Waals surface area contributed by atoms with Crippen LogP contribution in [0, 0.1) is 0 Å². The SMILES string of the molecule is BrN(c1ccccc1)C1CCCC1. The average molecular weight is 240 g/mol. The molecule has 2 heteroatoms. The number of para-hydroxylation sites is 1. The first kappa shape index (κ1) is 9.07. The van der Waals surface area contributed by atoms with Crippen molar-refractivity contribution in [2.75, 3.05) is 3.93 Å². The lowest BCUT2D eigenvalue weighted by Crippen LogP contribution is -2.22. The number of rotatable bonds is 2. The largest absolute Gasteiger partial charge is 0.306 e. The molecule has 2 rings (SSSR count). The van der Waals surface area contributed by atoms with Gasteiger partial charge < -0.3 is 3.93 Å². The summed E-state index contributed by atoms with van der Waals surface area (Å²) in [6.07, 6.45) is 5.39. The van der Waals surface area contributed by atoms with Crippen LogP contribution in [0.25, 0.3) is 0 Å². The van der Waals surface area contributed by atoms with Crippen LogP contribution < -0.4 is 3.93 Å². The number of halogens is 1. The fraction of sp³-hybridized carbons (Fsp3) is 0.455. The highest BCUT2D eigenvalue weighted by atomic mass is 79.9. The van der Waals surface area contributed by atoms with Gasteiger partial charge in [0.2, 0.25) is 0 Å². The second-order valence-corrected chi connectivity index (χ2v) is 4.35. The molecule has 0 heterocycles. The van der Waals surface area contributed by atoms with Crippen LogP contribution in [0.5, 0.6) is 0 Å². The second kappa shape index (κ2) is 4.14. The summed E-state index contributed by atoms with van der Waals surface area (Å²) in [5.41, 5.74) is 1.27. The van der Waals surface area contributed by atoms with Crippen molar-refractivity contribution in [1.82, 2.24) is 0 Å². The van der Waals surface area contributed by atoms with Crippen molar-refractivity contribution >= 4 is 21.8 Å². The van der Waals surface area contributed by atoms with E-state index < -0.39 is 0 Å². The fourth-order valence-electron chi connectivity index (χ4n) is 1.91. The smallest absolute Gasteiger partial charge is 0.0499 e. The van der Waals surface area contributed by atoms with Crippen molar-refractivity contribution in [2.45, 2.75) is 31.7 Å².